The molecule has 0 saturated carbocycles. The Labute approximate surface area is 222 Å². The summed E-state index contributed by atoms with van der Waals surface area (Å²) < 4.78 is 14.3. The topological polar surface area (TPSA) is 114 Å². The Kier molecular flexibility index (Phi) is 14.6. The van der Waals surface area contributed by atoms with Crippen LogP contribution in [-0.4, -0.2) is 66.2 Å². The number of esters is 2. The summed E-state index contributed by atoms with van der Waals surface area (Å²) in [6.07, 6.45) is 7.72. The minimum absolute atomic E-state index is 0.235. The van der Waals surface area contributed by atoms with Crippen LogP contribution in [0.3, 0.4) is 0 Å². The first-order valence-electron chi connectivity index (χ1n) is 12.9. The van der Waals surface area contributed by atoms with E-state index in [9.17, 15) is 9.59 Å². The number of aromatic nitrogens is 6. The van der Waals surface area contributed by atoms with Crippen LogP contribution < -0.4 is 0 Å². The number of thioether (sulfide) groups is 2. The summed E-state index contributed by atoms with van der Waals surface area (Å²) in [5.41, 5.74) is 0. The molecule has 0 aliphatic carbocycles. The number of aryl methyl sites for hydroxylation is 2. The molecule has 202 valence electrons. The molecule has 0 spiro atoms. The average molecular weight is 541 g/mol. The number of carbonyl (C=O) groups excluding carboxylic acids is 2. The monoisotopic (exact) mass is 540 g/mol. The van der Waals surface area contributed by atoms with Crippen LogP contribution in [0.5, 0.6) is 0 Å². The summed E-state index contributed by atoms with van der Waals surface area (Å²) in [5, 5.41) is 19.1. The summed E-state index contributed by atoms with van der Waals surface area (Å²) in [5.74, 6) is 1.91. The van der Waals surface area contributed by atoms with Gasteiger partial charge in [-0.05, 0) is 39.5 Å². The van der Waals surface area contributed by atoms with Gasteiger partial charge in [0.05, 0.1) is 24.7 Å². The van der Waals surface area contributed by atoms with Crippen LogP contribution >= 0.6 is 23.5 Å². The molecule has 0 radical (unpaired) electrons. The molecule has 36 heavy (non-hydrogen) atoms. The van der Waals surface area contributed by atoms with E-state index in [-0.39, 0.29) is 23.4 Å². The highest BCUT2D eigenvalue weighted by molar-refractivity contribution is 8.00. The van der Waals surface area contributed by atoms with Gasteiger partial charge in [0.25, 0.3) is 0 Å². The summed E-state index contributed by atoms with van der Waals surface area (Å²) in [6, 6.07) is 0. The molecular weight excluding hydrogens is 500 g/mol. The normalized spacial score (nSPS) is 11.1. The van der Waals surface area contributed by atoms with Gasteiger partial charge in [-0.1, -0.05) is 50.2 Å². The van der Waals surface area contributed by atoms with E-state index in [1.165, 1.54) is 23.5 Å². The van der Waals surface area contributed by atoms with Crippen LogP contribution in [0.25, 0.3) is 0 Å². The van der Waals surface area contributed by atoms with Crippen LogP contribution in [0.2, 0.25) is 0 Å². The largest absolute Gasteiger partial charge is 0.465 e. The van der Waals surface area contributed by atoms with Crippen molar-refractivity contribution in [2.24, 2.45) is 0 Å². The van der Waals surface area contributed by atoms with Crippen LogP contribution in [0.4, 0.5) is 0 Å². The molecule has 10 nitrogen and oxygen atoms in total. The number of nitrogens with zero attached hydrogens (tertiary/aromatic N) is 6. The molecule has 0 atom stereocenters. The average Bonchev–Trinajstić information content (AvgIpc) is 3.44. The first kappa shape index (κ1) is 30.1. The van der Waals surface area contributed by atoms with Gasteiger partial charge < -0.3 is 18.6 Å². The van der Waals surface area contributed by atoms with E-state index < -0.39 is 0 Å². The Balaban J connectivity index is 1.95. The summed E-state index contributed by atoms with van der Waals surface area (Å²) >= 11 is 2.76. The van der Waals surface area contributed by atoms with E-state index in [0.29, 0.717) is 13.2 Å². The fourth-order valence-corrected chi connectivity index (χ4v) is 5.08. The number of ether oxygens (including phenoxy) is 2. The molecule has 0 aromatic carbocycles. The molecule has 0 unspecified atom stereocenters. The number of hydrogen-bond acceptors (Lipinski definition) is 10. The second-order valence-corrected chi connectivity index (χ2v) is 10.1. The van der Waals surface area contributed by atoms with Gasteiger partial charge in [-0.2, -0.15) is 0 Å². The van der Waals surface area contributed by atoms with Crippen molar-refractivity contribution < 1.29 is 19.1 Å². The van der Waals surface area contributed by atoms with E-state index >= 15 is 0 Å². The minimum atomic E-state index is -0.235. The molecule has 2 rings (SSSR count). The molecule has 0 fully saturated rings. The molecular formula is C24H40N6O4S2. The standard InChI is InChI=1S/C24H40N6O4S2/c1-5-9-15-29-19(25-27-23(29)35-17-21(31)33-7-3)13-11-12-14-20-26-28-24(30(20)16-10-6-2)36-18-22(32)34-8-4/h5-18H2,1-4H3. The van der Waals surface area contributed by atoms with Gasteiger partial charge in [-0.25, -0.2) is 0 Å². The van der Waals surface area contributed by atoms with E-state index in [1.54, 1.807) is 13.8 Å². The van der Waals surface area contributed by atoms with Crippen molar-refractivity contribution in [3.63, 3.8) is 0 Å². The third-order valence-corrected chi connectivity index (χ3v) is 7.24. The van der Waals surface area contributed by atoms with Gasteiger partial charge in [-0.3, -0.25) is 9.59 Å². The zero-order valence-corrected chi connectivity index (χ0v) is 23.7. The highest BCUT2D eigenvalue weighted by atomic mass is 32.2. The predicted octanol–water partition coefficient (Wildman–Crippen LogP) is 4.35. The first-order chi connectivity index (χ1) is 17.5. The Morgan fingerprint density at radius 3 is 1.44 bits per heavy atom. The number of carbonyl (C=O) groups is 2. The van der Waals surface area contributed by atoms with Crippen molar-refractivity contribution in [1.29, 1.82) is 0 Å². The Morgan fingerprint density at radius 2 is 1.08 bits per heavy atom. The summed E-state index contributed by atoms with van der Waals surface area (Å²) in [4.78, 5) is 23.5. The third-order valence-electron chi connectivity index (χ3n) is 5.36. The maximum atomic E-state index is 11.8. The second-order valence-electron chi connectivity index (χ2n) is 8.20. The number of hydrogen-bond donors (Lipinski definition) is 0. The maximum Gasteiger partial charge on any atom is 0.316 e. The lowest BCUT2D eigenvalue weighted by molar-refractivity contribution is -0.140. The van der Waals surface area contributed by atoms with E-state index in [1.807, 2.05) is 0 Å². The van der Waals surface area contributed by atoms with Crippen LogP contribution in [0, 0.1) is 0 Å². The van der Waals surface area contributed by atoms with Gasteiger partial charge in [0.2, 0.25) is 0 Å². The molecule has 0 N–H and O–H groups in total. The van der Waals surface area contributed by atoms with Crippen molar-refractivity contribution in [1.82, 2.24) is 29.5 Å². The fourth-order valence-electron chi connectivity index (χ4n) is 3.52. The lowest BCUT2D eigenvalue weighted by Gasteiger charge is -2.10. The molecule has 0 amide bonds. The highest BCUT2D eigenvalue weighted by Crippen LogP contribution is 2.21. The zero-order valence-electron chi connectivity index (χ0n) is 22.0. The van der Waals surface area contributed by atoms with Gasteiger partial charge in [-0.15, -0.1) is 20.4 Å². The molecule has 2 heterocycles. The first-order valence-corrected chi connectivity index (χ1v) is 14.9. The van der Waals surface area contributed by atoms with Crippen LogP contribution in [0.1, 0.15) is 77.9 Å². The SMILES string of the molecule is CCCCn1c(CCCCc2nnc(SCC(=O)OCC)n2CCCC)nnc1SCC(=O)OCC. The van der Waals surface area contributed by atoms with Gasteiger partial charge in [0.1, 0.15) is 11.6 Å². The van der Waals surface area contributed by atoms with Crippen molar-refractivity contribution in [3.8, 4) is 0 Å². The van der Waals surface area contributed by atoms with Crippen LogP contribution in [-0.2, 0) is 45.0 Å². The fraction of sp³-hybridized carbons (Fsp3) is 0.750. The Bertz CT molecular complexity index is 860. The third kappa shape index (κ3) is 10.1. The summed E-state index contributed by atoms with van der Waals surface area (Å²) in [7, 11) is 0. The molecule has 0 saturated heterocycles. The van der Waals surface area contributed by atoms with E-state index in [0.717, 1.165) is 86.4 Å². The smallest absolute Gasteiger partial charge is 0.316 e. The molecule has 0 aliphatic rings. The molecule has 2 aromatic heterocycles. The van der Waals surface area contributed by atoms with Crippen molar-refractivity contribution in [2.75, 3.05) is 24.7 Å². The lowest BCUT2D eigenvalue weighted by atomic mass is 10.1. The predicted molar refractivity (Wildman–Crippen MR) is 141 cm³/mol. The molecule has 12 heteroatoms. The molecule has 0 bridgehead atoms. The van der Waals surface area contributed by atoms with Crippen molar-refractivity contribution in [3.05, 3.63) is 11.6 Å². The van der Waals surface area contributed by atoms with Crippen LogP contribution in [0.15, 0.2) is 10.3 Å². The summed E-state index contributed by atoms with van der Waals surface area (Å²) in [6.45, 7) is 10.4. The Morgan fingerprint density at radius 1 is 0.667 bits per heavy atom. The molecule has 2 aromatic rings. The van der Waals surface area contributed by atoms with Gasteiger partial charge >= 0.3 is 11.9 Å². The minimum Gasteiger partial charge on any atom is -0.465 e. The van der Waals surface area contributed by atoms with Crippen molar-refractivity contribution in [2.45, 2.75) is 102 Å². The lowest BCUT2D eigenvalue weighted by Crippen LogP contribution is -2.10. The maximum absolute atomic E-state index is 11.8. The van der Waals surface area contributed by atoms with E-state index in [4.69, 9.17) is 9.47 Å². The van der Waals surface area contributed by atoms with E-state index in [2.05, 4.69) is 43.4 Å². The molecule has 0 aliphatic heterocycles. The van der Waals surface area contributed by atoms with Gasteiger partial charge in [0.15, 0.2) is 10.3 Å². The number of rotatable bonds is 19. The zero-order chi connectivity index (χ0) is 26.2. The Hall–Kier alpha value is -2.08. The second kappa shape index (κ2) is 17.4. The highest BCUT2D eigenvalue weighted by Gasteiger charge is 2.16. The van der Waals surface area contributed by atoms with Gasteiger partial charge in [0, 0.05) is 25.9 Å². The quantitative estimate of drug-likeness (QED) is 0.145. The van der Waals surface area contributed by atoms with Crippen molar-refractivity contribution >= 4 is 35.5 Å². The number of unbranched alkanes of at least 4 members (excludes halogenated alkanes) is 3.